The number of carbonyl (C=O) groups excluding carboxylic acids is 1. The maximum Gasteiger partial charge on any atom is 0.319 e. The van der Waals surface area contributed by atoms with Crippen LogP contribution in [-0.4, -0.2) is 17.6 Å². The molecule has 1 aliphatic rings. The molecule has 136 valence electrons. The van der Waals surface area contributed by atoms with Gasteiger partial charge >= 0.3 is 6.03 Å². The van der Waals surface area contributed by atoms with Gasteiger partial charge in [-0.25, -0.2) is 4.79 Å². The van der Waals surface area contributed by atoms with Crippen molar-refractivity contribution in [3.8, 4) is 16.9 Å². The van der Waals surface area contributed by atoms with Crippen LogP contribution in [0.1, 0.15) is 11.1 Å². The van der Waals surface area contributed by atoms with Gasteiger partial charge in [-0.2, -0.15) is 0 Å². The fourth-order valence-corrected chi connectivity index (χ4v) is 3.30. The number of benzene rings is 2. The molecule has 0 atom stereocenters. The smallest absolute Gasteiger partial charge is 0.319 e. The lowest BCUT2D eigenvalue weighted by molar-refractivity contribution is 0.252. The Balaban J connectivity index is 1.37. The summed E-state index contributed by atoms with van der Waals surface area (Å²) in [6.45, 7) is 0.999. The van der Waals surface area contributed by atoms with Crippen LogP contribution in [0.5, 0.6) is 5.75 Å². The fraction of sp³-hybridized carbons (Fsp3) is 0.143. The molecule has 5 nitrogen and oxygen atoms in total. The lowest BCUT2D eigenvalue weighted by atomic mass is 9.99. The van der Waals surface area contributed by atoms with Gasteiger partial charge in [0.15, 0.2) is 0 Å². The SMILES string of the molecule is O=C(NCCc1cccc(Cl)c1)Nc1ccc2c(c1)OCc1cnccc1-2. The third-order valence-corrected chi connectivity index (χ3v) is 4.64. The van der Waals surface area contributed by atoms with Crippen molar-refractivity contribution in [3.63, 3.8) is 0 Å². The van der Waals surface area contributed by atoms with E-state index in [0.29, 0.717) is 30.3 Å². The summed E-state index contributed by atoms with van der Waals surface area (Å²) in [5, 5.41) is 6.40. The molecule has 0 unspecified atom stereocenters. The average Bonchev–Trinajstić information content (AvgIpc) is 2.68. The van der Waals surface area contributed by atoms with Crippen LogP contribution in [-0.2, 0) is 13.0 Å². The van der Waals surface area contributed by atoms with E-state index in [1.807, 2.05) is 54.7 Å². The van der Waals surface area contributed by atoms with E-state index < -0.39 is 0 Å². The second-order valence-corrected chi connectivity index (χ2v) is 6.73. The molecule has 0 fully saturated rings. The Hall–Kier alpha value is -3.05. The number of anilines is 1. The average molecular weight is 380 g/mol. The molecule has 1 aromatic heterocycles. The molecule has 27 heavy (non-hydrogen) atoms. The van der Waals surface area contributed by atoms with Crippen LogP contribution in [0.3, 0.4) is 0 Å². The number of rotatable bonds is 4. The van der Waals surface area contributed by atoms with E-state index in [1.165, 1.54) is 0 Å². The molecule has 0 saturated heterocycles. The van der Waals surface area contributed by atoms with Crippen molar-refractivity contribution in [1.82, 2.24) is 10.3 Å². The zero-order valence-corrected chi connectivity index (χ0v) is 15.3. The van der Waals surface area contributed by atoms with Gasteiger partial charge in [-0.05, 0) is 47.9 Å². The van der Waals surface area contributed by atoms with Crippen LogP contribution in [0.2, 0.25) is 5.02 Å². The number of aromatic nitrogens is 1. The number of halogens is 1. The zero-order valence-electron chi connectivity index (χ0n) is 14.5. The Labute approximate surface area is 162 Å². The third-order valence-electron chi connectivity index (χ3n) is 4.40. The zero-order chi connectivity index (χ0) is 18.6. The molecule has 0 radical (unpaired) electrons. The molecule has 2 N–H and O–H groups in total. The van der Waals surface area contributed by atoms with E-state index in [-0.39, 0.29) is 6.03 Å². The lowest BCUT2D eigenvalue weighted by Gasteiger charge is -2.21. The molecule has 6 heteroatoms. The minimum Gasteiger partial charge on any atom is -0.488 e. The highest BCUT2D eigenvalue weighted by molar-refractivity contribution is 6.30. The number of hydrogen-bond acceptors (Lipinski definition) is 3. The number of urea groups is 1. The first kappa shape index (κ1) is 17.4. The lowest BCUT2D eigenvalue weighted by Crippen LogP contribution is -2.30. The van der Waals surface area contributed by atoms with Gasteiger partial charge in [-0.15, -0.1) is 0 Å². The quantitative estimate of drug-likeness (QED) is 0.693. The number of hydrogen-bond donors (Lipinski definition) is 2. The molecule has 0 bridgehead atoms. The summed E-state index contributed by atoms with van der Waals surface area (Å²) in [5.41, 5.74) is 4.95. The maximum atomic E-state index is 12.1. The predicted octanol–water partition coefficient (Wildman–Crippen LogP) is 4.66. The van der Waals surface area contributed by atoms with Crippen molar-refractivity contribution in [1.29, 1.82) is 0 Å². The van der Waals surface area contributed by atoms with Gasteiger partial charge in [-0.1, -0.05) is 23.7 Å². The van der Waals surface area contributed by atoms with Crippen LogP contribution >= 0.6 is 11.6 Å². The van der Waals surface area contributed by atoms with Crippen molar-refractivity contribution >= 4 is 23.3 Å². The van der Waals surface area contributed by atoms with Crippen LogP contribution in [0.15, 0.2) is 60.9 Å². The molecule has 1 aliphatic heterocycles. The summed E-state index contributed by atoms with van der Waals surface area (Å²) in [6, 6.07) is 15.0. The van der Waals surface area contributed by atoms with E-state index in [1.54, 1.807) is 6.20 Å². The number of nitrogens with zero attached hydrogens (tertiary/aromatic N) is 1. The molecule has 0 aliphatic carbocycles. The van der Waals surface area contributed by atoms with Crippen LogP contribution in [0, 0.1) is 0 Å². The van der Waals surface area contributed by atoms with Crippen molar-refractivity contribution in [2.24, 2.45) is 0 Å². The van der Waals surface area contributed by atoms with Gasteiger partial charge < -0.3 is 15.4 Å². The fourth-order valence-electron chi connectivity index (χ4n) is 3.09. The van der Waals surface area contributed by atoms with Gasteiger partial charge in [0.2, 0.25) is 0 Å². The van der Waals surface area contributed by atoms with E-state index in [2.05, 4.69) is 15.6 Å². The first-order valence-corrected chi connectivity index (χ1v) is 9.06. The molecular weight excluding hydrogens is 362 g/mol. The van der Waals surface area contributed by atoms with Gasteiger partial charge in [-0.3, -0.25) is 4.98 Å². The van der Waals surface area contributed by atoms with E-state index in [9.17, 15) is 4.79 Å². The number of fused-ring (bicyclic) bond motifs is 3. The monoisotopic (exact) mass is 379 g/mol. The summed E-state index contributed by atoms with van der Waals surface area (Å²) in [4.78, 5) is 16.3. The molecule has 2 aromatic carbocycles. The van der Waals surface area contributed by atoms with Crippen LogP contribution in [0.25, 0.3) is 11.1 Å². The third kappa shape index (κ3) is 4.04. The van der Waals surface area contributed by atoms with E-state index in [0.717, 1.165) is 28.0 Å². The van der Waals surface area contributed by atoms with E-state index >= 15 is 0 Å². The summed E-state index contributed by atoms with van der Waals surface area (Å²) < 4.78 is 5.80. The highest BCUT2D eigenvalue weighted by Gasteiger charge is 2.17. The molecule has 2 heterocycles. The van der Waals surface area contributed by atoms with Gasteiger partial charge in [0.05, 0.1) is 0 Å². The Bertz CT molecular complexity index is 991. The topological polar surface area (TPSA) is 63.2 Å². The Morgan fingerprint density at radius 1 is 1.15 bits per heavy atom. The largest absolute Gasteiger partial charge is 0.488 e. The highest BCUT2D eigenvalue weighted by atomic mass is 35.5. The minimum absolute atomic E-state index is 0.252. The second kappa shape index (κ2) is 7.68. The normalized spacial score (nSPS) is 11.7. The van der Waals surface area contributed by atoms with Crippen molar-refractivity contribution in [2.75, 3.05) is 11.9 Å². The van der Waals surface area contributed by atoms with Gasteiger partial charge in [0, 0.05) is 46.8 Å². The Morgan fingerprint density at radius 2 is 2.07 bits per heavy atom. The molecule has 4 rings (SSSR count). The van der Waals surface area contributed by atoms with Crippen LogP contribution < -0.4 is 15.4 Å². The minimum atomic E-state index is -0.252. The molecular formula is C21H18ClN3O2. The van der Waals surface area contributed by atoms with Gasteiger partial charge in [0.25, 0.3) is 0 Å². The Kier molecular flexibility index (Phi) is 4.94. The molecule has 3 aromatic rings. The molecule has 2 amide bonds. The molecule has 0 saturated carbocycles. The van der Waals surface area contributed by atoms with Crippen LogP contribution in [0.4, 0.5) is 10.5 Å². The number of nitrogens with one attached hydrogen (secondary N) is 2. The summed E-state index contributed by atoms with van der Waals surface area (Å²) in [5.74, 6) is 0.755. The number of pyridine rings is 1. The summed E-state index contributed by atoms with van der Waals surface area (Å²) in [7, 11) is 0. The first-order chi connectivity index (χ1) is 13.2. The summed E-state index contributed by atoms with van der Waals surface area (Å²) in [6.07, 6.45) is 4.30. The standard InChI is InChI=1S/C21H18ClN3O2/c22-16-3-1-2-14(10-16)6-9-24-21(26)25-17-4-5-19-18-7-8-23-12-15(18)13-27-20(19)11-17/h1-5,7-8,10-12H,6,9,13H2,(H2,24,25,26). The highest BCUT2D eigenvalue weighted by Crippen LogP contribution is 2.38. The maximum absolute atomic E-state index is 12.1. The Morgan fingerprint density at radius 3 is 2.96 bits per heavy atom. The van der Waals surface area contributed by atoms with Crippen molar-refractivity contribution in [2.45, 2.75) is 13.0 Å². The van der Waals surface area contributed by atoms with Crippen molar-refractivity contribution < 1.29 is 9.53 Å². The van der Waals surface area contributed by atoms with Crippen molar-refractivity contribution in [3.05, 3.63) is 77.1 Å². The molecule has 0 spiro atoms. The number of ether oxygens (including phenoxy) is 1. The number of carbonyl (C=O) groups is 1. The number of amides is 2. The first-order valence-electron chi connectivity index (χ1n) is 8.68. The predicted molar refractivity (Wildman–Crippen MR) is 106 cm³/mol. The van der Waals surface area contributed by atoms with Gasteiger partial charge in [0.1, 0.15) is 12.4 Å². The second-order valence-electron chi connectivity index (χ2n) is 6.29. The summed E-state index contributed by atoms with van der Waals surface area (Å²) >= 11 is 5.97. The van der Waals surface area contributed by atoms with E-state index in [4.69, 9.17) is 16.3 Å².